The Bertz CT molecular complexity index is 132. The lowest BCUT2D eigenvalue weighted by atomic mass is 10.0. The van der Waals surface area contributed by atoms with Crippen molar-refractivity contribution in [3.8, 4) is 0 Å². The quantitative estimate of drug-likeness (QED) is 0.605. The normalized spacial score (nSPS) is 16.5. The third-order valence-corrected chi connectivity index (χ3v) is 2.04. The van der Waals surface area contributed by atoms with Gasteiger partial charge in [0.2, 0.25) is 0 Å². The monoisotopic (exact) mass is 188 g/mol. The first-order chi connectivity index (χ1) is 6.18. The summed E-state index contributed by atoms with van der Waals surface area (Å²) in [6.07, 6.45) is 7.14. The van der Waals surface area contributed by atoms with Gasteiger partial charge in [0, 0.05) is 0 Å². The fraction of sp³-hybridized carbons (Fsp3) is 0.889. The van der Waals surface area contributed by atoms with Gasteiger partial charge in [0.15, 0.2) is 0 Å². The lowest BCUT2D eigenvalue weighted by molar-refractivity contribution is -0.138. The number of hydrogen-bond donors (Lipinski definition) is 3. The van der Waals surface area contributed by atoms with Crippen LogP contribution in [0.15, 0.2) is 0 Å². The molecule has 1 saturated carbocycles. The molecule has 4 heteroatoms. The van der Waals surface area contributed by atoms with Crippen LogP contribution in [-0.4, -0.2) is 23.7 Å². The molecule has 0 aromatic heterocycles. The molecule has 4 nitrogen and oxygen atoms in total. The van der Waals surface area contributed by atoms with E-state index in [4.69, 9.17) is 16.6 Å². The Balaban J connectivity index is 0.000000293. The summed E-state index contributed by atoms with van der Waals surface area (Å²) in [6.45, 7) is 0.501. The summed E-state index contributed by atoms with van der Waals surface area (Å²) in [6, 6.07) is -0.742. The van der Waals surface area contributed by atoms with Crippen LogP contribution in [0.3, 0.4) is 0 Å². The minimum absolute atomic E-state index is 0.464. The predicted octanol–water partition coefficient (Wildman–Crippen LogP) is 0.698. The van der Waals surface area contributed by atoms with Gasteiger partial charge in [-0.2, -0.15) is 0 Å². The van der Waals surface area contributed by atoms with E-state index < -0.39 is 12.0 Å². The molecule has 0 saturated heterocycles. The Morgan fingerprint density at radius 2 is 1.77 bits per heavy atom. The van der Waals surface area contributed by atoms with Gasteiger partial charge >= 0.3 is 5.97 Å². The smallest absolute Gasteiger partial charge is 0.320 e. The minimum Gasteiger partial charge on any atom is -0.480 e. The number of hydrogen-bond acceptors (Lipinski definition) is 3. The summed E-state index contributed by atoms with van der Waals surface area (Å²) in [4.78, 5) is 10.0. The fourth-order valence-electron chi connectivity index (χ4n) is 0.711. The SMILES string of the molecule is C1CCC1.NCCCC(N)C(=O)O. The van der Waals surface area contributed by atoms with Crippen LogP contribution >= 0.6 is 0 Å². The van der Waals surface area contributed by atoms with Gasteiger partial charge in [0.1, 0.15) is 6.04 Å². The maximum atomic E-state index is 10.0. The lowest BCUT2D eigenvalue weighted by Crippen LogP contribution is -2.30. The van der Waals surface area contributed by atoms with Gasteiger partial charge in [-0.15, -0.1) is 0 Å². The number of rotatable bonds is 4. The molecule has 13 heavy (non-hydrogen) atoms. The van der Waals surface area contributed by atoms with Crippen LogP contribution < -0.4 is 11.5 Å². The zero-order chi connectivity index (χ0) is 10.1. The molecule has 0 amide bonds. The van der Waals surface area contributed by atoms with Crippen molar-refractivity contribution in [2.75, 3.05) is 6.54 Å². The van der Waals surface area contributed by atoms with Crippen LogP contribution in [0.2, 0.25) is 0 Å². The van der Waals surface area contributed by atoms with Crippen molar-refractivity contribution in [2.24, 2.45) is 11.5 Å². The number of nitrogens with two attached hydrogens (primary N) is 2. The highest BCUT2D eigenvalue weighted by Gasteiger charge is 2.08. The summed E-state index contributed by atoms with van der Waals surface area (Å²) in [5.41, 5.74) is 10.3. The average Bonchev–Trinajstić information content (AvgIpc) is 1.96. The van der Waals surface area contributed by atoms with Gasteiger partial charge in [0.25, 0.3) is 0 Å². The number of aliphatic carboxylic acids is 1. The number of carbonyl (C=O) groups is 1. The zero-order valence-corrected chi connectivity index (χ0v) is 8.04. The second-order valence-electron chi connectivity index (χ2n) is 3.29. The van der Waals surface area contributed by atoms with Crippen molar-refractivity contribution in [2.45, 2.75) is 44.6 Å². The molecule has 5 N–H and O–H groups in total. The Kier molecular flexibility index (Phi) is 7.63. The Hall–Kier alpha value is -0.610. The van der Waals surface area contributed by atoms with Gasteiger partial charge in [0.05, 0.1) is 0 Å². The zero-order valence-electron chi connectivity index (χ0n) is 8.04. The molecule has 0 radical (unpaired) electrons. The highest BCUT2D eigenvalue weighted by molar-refractivity contribution is 5.72. The van der Waals surface area contributed by atoms with Crippen molar-refractivity contribution < 1.29 is 9.90 Å². The summed E-state index contributed by atoms with van der Waals surface area (Å²) >= 11 is 0. The topological polar surface area (TPSA) is 89.3 Å². The molecule has 0 aromatic rings. The summed E-state index contributed by atoms with van der Waals surface area (Å²) in [7, 11) is 0. The Morgan fingerprint density at radius 1 is 1.31 bits per heavy atom. The third kappa shape index (κ3) is 7.74. The van der Waals surface area contributed by atoms with Gasteiger partial charge in [-0.05, 0) is 19.4 Å². The molecule has 78 valence electrons. The van der Waals surface area contributed by atoms with Crippen LogP contribution in [0.25, 0.3) is 0 Å². The Morgan fingerprint density at radius 3 is 2.00 bits per heavy atom. The van der Waals surface area contributed by atoms with Gasteiger partial charge < -0.3 is 16.6 Å². The molecule has 0 aliphatic heterocycles. The second kappa shape index (κ2) is 8.01. The van der Waals surface area contributed by atoms with Crippen LogP contribution in [0, 0.1) is 0 Å². The predicted molar refractivity (Wildman–Crippen MR) is 52.4 cm³/mol. The maximum Gasteiger partial charge on any atom is 0.320 e. The molecule has 1 unspecified atom stereocenters. The summed E-state index contributed by atoms with van der Waals surface area (Å²) < 4.78 is 0. The van der Waals surface area contributed by atoms with Crippen LogP contribution in [0.5, 0.6) is 0 Å². The average molecular weight is 188 g/mol. The maximum absolute atomic E-state index is 10.0. The molecule has 1 fully saturated rings. The van der Waals surface area contributed by atoms with E-state index in [1.165, 1.54) is 25.7 Å². The first-order valence-electron chi connectivity index (χ1n) is 4.87. The number of carboxylic acids is 1. The van der Waals surface area contributed by atoms with E-state index in [0.29, 0.717) is 19.4 Å². The van der Waals surface area contributed by atoms with E-state index in [-0.39, 0.29) is 0 Å². The molecule has 1 rings (SSSR count). The first kappa shape index (κ1) is 12.4. The molecule has 0 bridgehead atoms. The second-order valence-corrected chi connectivity index (χ2v) is 3.29. The van der Waals surface area contributed by atoms with Gasteiger partial charge in [-0.3, -0.25) is 4.79 Å². The molecular weight excluding hydrogens is 168 g/mol. The van der Waals surface area contributed by atoms with E-state index >= 15 is 0 Å². The van der Waals surface area contributed by atoms with Crippen molar-refractivity contribution in [1.82, 2.24) is 0 Å². The highest BCUT2D eigenvalue weighted by atomic mass is 16.4. The van der Waals surface area contributed by atoms with E-state index in [9.17, 15) is 4.79 Å². The van der Waals surface area contributed by atoms with Crippen molar-refractivity contribution in [3.63, 3.8) is 0 Å². The fourth-order valence-corrected chi connectivity index (χ4v) is 0.711. The molecule has 0 aromatic carbocycles. The highest BCUT2D eigenvalue weighted by Crippen LogP contribution is 2.15. The van der Waals surface area contributed by atoms with E-state index in [1.54, 1.807) is 0 Å². The third-order valence-electron chi connectivity index (χ3n) is 2.04. The molecule has 0 heterocycles. The van der Waals surface area contributed by atoms with E-state index in [0.717, 1.165) is 0 Å². The van der Waals surface area contributed by atoms with Gasteiger partial charge in [-0.25, -0.2) is 0 Å². The summed E-state index contributed by atoms with van der Waals surface area (Å²) in [5, 5.41) is 8.24. The minimum atomic E-state index is -0.955. The van der Waals surface area contributed by atoms with E-state index in [2.05, 4.69) is 0 Å². The largest absolute Gasteiger partial charge is 0.480 e. The lowest BCUT2D eigenvalue weighted by Gasteiger charge is -2.05. The summed E-state index contributed by atoms with van der Waals surface area (Å²) in [5.74, 6) is -0.955. The van der Waals surface area contributed by atoms with Crippen molar-refractivity contribution in [1.29, 1.82) is 0 Å². The standard InChI is InChI=1S/C5H12N2O2.C4H8/c6-3-1-2-4(7)5(8)9;1-2-4-3-1/h4H,1-3,6-7H2,(H,8,9);1-4H2. The molecule has 0 spiro atoms. The first-order valence-corrected chi connectivity index (χ1v) is 4.87. The molecule has 1 aliphatic rings. The van der Waals surface area contributed by atoms with Crippen LogP contribution in [0.4, 0.5) is 0 Å². The molecular formula is C9H20N2O2. The van der Waals surface area contributed by atoms with Crippen molar-refractivity contribution in [3.05, 3.63) is 0 Å². The van der Waals surface area contributed by atoms with Crippen LogP contribution in [-0.2, 0) is 4.79 Å². The molecule has 1 atom stereocenters. The number of carboxylic acid groups (broad SMARTS) is 1. The van der Waals surface area contributed by atoms with Gasteiger partial charge in [-0.1, -0.05) is 25.7 Å². The Labute approximate surface area is 79.3 Å². The van der Waals surface area contributed by atoms with E-state index in [1.807, 2.05) is 0 Å². The van der Waals surface area contributed by atoms with Crippen molar-refractivity contribution >= 4 is 5.97 Å². The molecule has 1 aliphatic carbocycles. The van der Waals surface area contributed by atoms with Crippen LogP contribution in [0.1, 0.15) is 38.5 Å².